The summed E-state index contributed by atoms with van der Waals surface area (Å²) >= 11 is 0. The highest BCUT2D eigenvalue weighted by Gasteiger charge is 2.15. The molecule has 0 spiro atoms. The Morgan fingerprint density at radius 2 is 2.14 bits per heavy atom. The van der Waals surface area contributed by atoms with Gasteiger partial charge in [0, 0.05) is 24.1 Å². The molecule has 0 heterocycles. The molecule has 5 heteroatoms. The maximum Gasteiger partial charge on any atom is 0.251 e. The largest absolute Gasteiger partial charge is 0.395 e. The van der Waals surface area contributed by atoms with E-state index in [1.165, 1.54) is 0 Å². The van der Waals surface area contributed by atoms with Crippen molar-refractivity contribution in [3.05, 3.63) is 35.4 Å². The van der Waals surface area contributed by atoms with Gasteiger partial charge in [0.15, 0.2) is 0 Å². The number of likely N-dealkylation sites (N-methyl/N-ethyl adjacent to an activating group) is 1. The smallest absolute Gasteiger partial charge is 0.251 e. The second-order valence-corrected chi connectivity index (χ2v) is 4.45. The molecule has 1 atom stereocenters. The van der Waals surface area contributed by atoms with Gasteiger partial charge in [-0.05, 0) is 32.0 Å². The van der Waals surface area contributed by atoms with E-state index in [0.717, 1.165) is 0 Å². The lowest BCUT2D eigenvalue weighted by atomic mass is 10.1. The van der Waals surface area contributed by atoms with Gasteiger partial charge in [0.1, 0.15) is 6.04 Å². The summed E-state index contributed by atoms with van der Waals surface area (Å²) in [6.45, 7) is 3.99. The van der Waals surface area contributed by atoms with Crippen molar-refractivity contribution in [3.63, 3.8) is 0 Å². The second kappa shape index (κ2) is 8.77. The topological polar surface area (TPSA) is 78.4 Å². The fourth-order valence-corrected chi connectivity index (χ4v) is 1.63. The van der Waals surface area contributed by atoms with Crippen LogP contribution in [0.15, 0.2) is 24.3 Å². The molecular formula is C16H20N2O3. The molecule has 0 aliphatic carbocycles. The van der Waals surface area contributed by atoms with Crippen molar-refractivity contribution >= 4 is 11.8 Å². The molecule has 0 saturated carbocycles. The van der Waals surface area contributed by atoms with E-state index in [0.29, 0.717) is 24.1 Å². The Kier molecular flexibility index (Phi) is 6.99. The lowest BCUT2D eigenvalue weighted by molar-refractivity contribution is -0.122. The Hall–Kier alpha value is -2.32. The highest BCUT2D eigenvalue weighted by atomic mass is 16.2. The lowest BCUT2D eigenvalue weighted by Crippen LogP contribution is -2.44. The molecule has 1 aromatic carbocycles. The van der Waals surface area contributed by atoms with Crippen LogP contribution in [-0.4, -0.2) is 36.1 Å². The van der Waals surface area contributed by atoms with Crippen LogP contribution in [-0.2, 0) is 4.79 Å². The van der Waals surface area contributed by atoms with Gasteiger partial charge in [0.2, 0.25) is 5.91 Å². The van der Waals surface area contributed by atoms with Crippen molar-refractivity contribution in [2.24, 2.45) is 0 Å². The molecule has 3 N–H and O–H groups in total. The molecule has 2 amide bonds. The Labute approximate surface area is 124 Å². The highest BCUT2D eigenvalue weighted by molar-refractivity contribution is 5.97. The van der Waals surface area contributed by atoms with Gasteiger partial charge in [-0.25, -0.2) is 0 Å². The molecule has 112 valence electrons. The van der Waals surface area contributed by atoms with Crippen molar-refractivity contribution in [2.75, 3.05) is 13.2 Å². The molecule has 0 aliphatic rings. The minimum absolute atomic E-state index is 0.0111. The van der Waals surface area contributed by atoms with Crippen LogP contribution in [0.4, 0.5) is 0 Å². The molecule has 1 rings (SSSR count). The summed E-state index contributed by atoms with van der Waals surface area (Å²) in [6, 6.07) is 6.24. The number of amides is 2. The number of aliphatic hydroxyl groups excluding tert-OH is 1. The first kappa shape index (κ1) is 16.7. The summed E-state index contributed by atoms with van der Waals surface area (Å²) in [6.07, 6.45) is 0.393. The van der Waals surface area contributed by atoms with Gasteiger partial charge in [0.05, 0.1) is 6.61 Å². The van der Waals surface area contributed by atoms with E-state index in [1.807, 2.05) is 6.92 Å². The summed E-state index contributed by atoms with van der Waals surface area (Å²) in [5.41, 5.74) is 1.14. The van der Waals surface area contributed by atoms with Crippen molar-refractivity contribution in [1.82, 2.24) is 10.6 Å². The summed E-state index contributed by atoms with van der Waals surface area (Å²) < 4.78 is 0. The number of benzene rings is 1. The third-order valence-corrected chi connectivity index (χ3v) is 2.69. The fourth-order valence-electron chi connectivity index (χ4n) is 1.63. The van der Waals surface area contributed by atoms with E-state index in [2.05, 4.69) is 22.5 Å². The van der Waals surface area contributed by atoms with Gasteiger partial charge >= 0.3 is 0 Å². The van der Waals surface area contributed by atoms with Crippen LogP contribution < -0.4 is 10.6 Å². The summed E-state index contributed by atoms with van der Waals surface area (Å²) in [5.74, 6) is 5.13. The van der Waals surface area contributed by atoms with E-state index in [1.54, 1.807) is 31.2 Å². The highest BCUT2D eigenvalue weighted by Crippen LogP contribution is 2.04. The number of carbonyl (C=O) groups is 2. The van der Waals surface area contributed by atoms with Gasteiger partial charge < -0.3 is 15.7 Å². The maximum absolute atomic E-state index is 12.1. The Morgan fingerprint density at radius 3 is 2.81 bits per heavy atom. The molecule has 0 fully saturated rings. The Morgan fingerprint density at radius 1 is 1.38 bits per heavy atom. The first-order chi connectivity index (χ1) is 10.1. The van der Waals surface area contributed by atoms with Crippen LogP contribution in [0.5, 0.6) is 0 Å². The maximum atomic E-state index is 12.1. The fraction of sp³-hybridized carbons (Fsp3) is 0.375. The van der Waals surface area contributed by atoms with Gasteiger partial charge in [-0.2, -0.15) is 0 Å². The average molecular weight is 288 g/mol. The summed E-state index contributed by atoms with van der Waals surface area (Å²) in [7, 11) is 0. The van der Waals surface area contributed by atoms with E-state index >= 15 is 0 Å². The number of carbonyl (C=O) groups excluding carboxylic acids is 2. The van der Waals surface area contributed by atoms with Crippen LogP contribution in [0.2, 0.25) is 0 Å². The van der Waals surface area contributed by atoms with E-state index in [-0.39, 0.29) is 18.4 Å². The molecule has 21 heavy (non-hydrogen) atoms. The Bertz CT molecular complexity index is 558. The standard InChI is InChI=1S/C16H20N2O3/c1-3-17-15(20)12(2)18-16(21)14-9-6-8-13(11-14)7-4-5-10-19/h6,8-9,11-12,19H,3,5,10H2,1-2H3,(H,17,20)(H,18,21). The van der Waals surface area contributed by atoms with Gasteiger partial charge in [-0.3, -0.25) is 9.59 Å². The van der Waals surface area contributed by atoms with Crippen LogP contribution in [0.3, 0.4) is 0 Å². The monoisotopic (exact) mass is 288 g/mol. The molecule has 5 nitrogen and oxygen atoms in total. The van der Waals surface area contributed by atoms with Crippen LogP contribution in [0, 0.1) is 11.8 Å². The van der Waals surface area contributed by atoms with Gasteiger partial charge in [-0.15, -0.1) is 0 Å². The van der Waals surface area contributed by atoms with Crippen molar-refractivity contribution in [2.45, 2.75) is 26.3 Å². The van der Waals surface area contributed by atoms with Crippen LogP contribution in [0.25, 0.3) is 0 Å². The first-order valence-corrected chi connectivity index (χ1v) is 6.86. The van der Waals surface area contributed by atoms with E-state index < -0.39 is 6.04 Å². The van der Waals surface area contributed by atoms with Crippen molar-refractivity contribution in [1.29, 1.82) is 0 Å². The zero-order chi connectivity index (χ0) is 15.7. The Balaban J connectivity index is 2.73. The van der Waals surface area contributed by atoms with E-state index in [4.69, 9.17) is 5.11 Å². The molecule has 1 aromatic rings. The zero-order valence-electron chi connectivity index (χ0n) is 12.3. The number of aliphatic hydroxyl groups is 1. The third-order valence-electron chi connectivity index (χ3n) is 2.69. The van der Waals surface area contributed by atoms with Crippen LogP contribution >= 0.6 is 0 Å². The minimum atomic E-state index is -0.596. The molecule has 0 aromatic heterocycles. The SMILES string of the molecule is CCNC(=O)C(C)NC(=O)c1cccc(C#CCCO)c1. The lowest BCUT2D eigenvalue weighted by Gasteiger charge is -2.13. The second-order valence-electron chi connectivity index (χ2n) is 4.45. The first-order valence-electron chi connectivity index (χ1n) is 6.86. The number of rotatable bonds is 5. The predicted octanol–water partition coefficient (Wildman–Crippen LogP) is 0.675. The van der Waals surface area contributed by atoms with Gasteiger partial charge in [0.25, 0.3) is 5.91 Å². The average Bonchev–Trinajstić information content (AvgIpc) is 2.48. The third kappa shape index (κ3) is 5.67. The molecule has 0 saturated heterocycles. The molecule has 0 radical (unpaired) electrons. The number of nitrogens with one attached hydrogen (secondary N) is 2. The van der Waals surface area contributed by atoms with Crippen molar-refractivity contribution in [3.8, 4) is 11.8 Å². The summed E-state index contributed by atoms with van der Waals surface area (Å²) in [4.78, 5) is 23.6. The van der Waals surface area contributed by atoms with Crippen LogP contribution in [0.1, 0.15) is 36.2 Å². The normalized spacial score (nSPS) is 11.0. The predicted molar refractivity (Wildman–Crippen MR) is 80.6 cm³/mol. The molecule has 0 aliphatic heterocycles. The molecule has 1 unspecified atom stereocenters. The van der Waals surface area contributed by atoms with E-state index in [9.17, 15) is 9.59 Å². The minimum Gasteiger partial charge on any atom is -0.395 e. The number of hydrogen-bond acceptors (Lipinski definition) is 3. The zero-order valence-corrected chi connectivity index (χ0v) is 12.3. The molecular weight excluding hydrogens is 268 g/mol. The van der Waals surface area contributed by atoms with Crippen molar-refractivity contribution < 1.29 is 14.7 Å². The summed E-state index contributed by atoms with van der Waals surface area (Å²) in [5, 5.41) is 14.0. The van der Waals surface area contributed by atoms with Gasteiger partial charge in [-0.1, -0.05) is 17.9 Å². The molecule has 0 bridgehead atoms. The quantitative estimate of drug-likeness (QED) is 0.697. The number of hydrogen-bond donors (Lipinski definition) is 3.